The van der Waals surface area contributed by atoms with Crippen molar-refractivity contribution in [1.29, 1.82) is 0 Å². The lowest BCUT2D eigenvalue weighted by Crippen LogP contribution is -2.35. The van der Waals surface area contributed by atoms with Crippen LogP contribution in [0.1, 0.15) is 36.2 Å². The molecule has 7 nitrogen and oxygen atoms in total. The van der Waals surface area contributed by atoms with Crippen molar-refractivity contribution in [1.82, 2.24) is 25.3 Å². The molecule has 0 bridgehead atoms. The molecule has 1 saturated carbocycles. The van der Waals surface area contributed by atoms with Crippen LogP contribution in [0.25, 0.3) is 28.0 Å². The van der Waals surface area contributed by atoms with Crippen LogP contribution in [0.2, 0.25) is 0 Å². The summed E-state index contributed by atoms with van der Waals surface area (Å²) < 4.78 is 40.0. The van der Waals surface area contributed by atoms with E-state index in [0.717, 1.165) is 61.1 Å². The predicted molar refractivity (Wildman–Crippen MR) is 127 cm³/mol. The Morgan fingerprint density at radius 3 is 2.71 bits per heavy atom. The zero-order chi connectivity index (χ0) is 24.0. The Kier molecular flexibility index (Phi) is 5.63. The van der Waals surface area contributed by atoms with E-state index >= 15 is 0 Å². The minimum Gasteiger partial charge on any atom is -0.355 e. The topological polar surface area (TPSA) is 82.1 Å². The van der Waals surface area contributed by atoms with Crippen LogP contribution in [0, 0.1) is 12.8 Å². The van der Waals surface area contributed by atoms with E-state index in [1.54, 1.807) is 12.3 Å². The summed E-state index contributed by atoms with van der Waals surface area (Å²) in [6, 6.07) is 2.99. The van der Waals surface area contributed by atoms with Crippen molar-refractivity contribution >= 4 is 29.1 Å². The molecule has 1 aliphatic carbocycles. The average Bonchev–Trinajstić information content (AvgIpc) is 3.30. The number of anilines is 1. The van der Waals surface area contributed by atoms with Crippen LogP contribution in [0.5, 0.6) is 0 Å². The van der Waals surface area contributed by atoms with Crippen LogP contribution in [-0.2, 0) is 6.18 Å². The molecule has 0 radical (unpaired) electrons. The lowest BCUT2D eigenvalue weighted by atomic mass is 9.99. The Bertz CT molecular complexity index is 1270. The number of H-pyrrole nitrogens is 1. The number of alkyl halides is 3. The number of nitrogens with zero attached hydrogens (tertiary/aromatic N) is 5. The number of pyridine rings is 1. The van der Waals surface area contributed by atoms with Crippen molar-refractivity contribution in [2.45, 2.75) is 38.4 Å². The smallest absolute Gasteiger partial charge is 0.355 e. The lowest BCUT2D eigenvalue weighted by molar-refractivity contribution is -0.140. The van der Waals surface area contributed by atoms with E-state index in [2.05, 4.69) is 31.9 Å². The number of aromatic nitrogens is 4. The number of aliphatic imine (C=N–C) groups is 1. The second-order valence-corrected chi connectivity index (χ2v) is 8.93. The summed E-state index contributed by atoms with van der Waals surface area (Å²) in [4.78, 5) is 22.4. The van der Waals surface area contributed by atoms with Crippen molar-refractivity contribution in [3.8, 4) is 11.4 Å². The molecule has 1 aliphatic heterocycles. The minimum atomic E-state index is -4.50. The number of fused-ring (bicyclic) bond motifs is 1. The molecule has 3 aromatic heterocycles. The summed E-state index contributed by atoms with van der Waals surface area (Å²) in [5.41, 5.74) is 2.57. The van der Waals surface area contributed by atoms with Gasteiger partial charge in [-0.1, -0.05) is 0 Å². The summed E-state index contributed by atoms with van der Waals surface area (Å²) >= 11 is 0. The van der Waals surface area contributed by atoms with Gasteiger partial charge in [0.2, 0.25) is 0 Å². The van der Waals surface area contributed by atoms with E-state index in [0.29, 0.717) is 22.7 Å². The fourth-order valence-corrected chi connectivity index (χ4v) is 4.66. The number of nitrogens with one attached hydrogen (secondary N) is 2. The van der Waals surface area contributed by atoms with Crippen LogP contribution < -0.4 is 10.2 Å². The number of halogens is 3. The fourth-order valence-electron chi connectivity index (χ4n) is 4.66. The predicted octanol–water partition coefficient (Wildman–Crippen LogP) is 4.60. The number of hydrogen-bond donors (Lipinski definition) is 2. The van der Waals surface area contributed by atoms with Crippen molar-refractivity contribution in [2.75, 3.05) is 25.0 Å². The first-order chi connectivity index (χ1) is 16.3. The molecule has 5 rings (SSSR count). The maximum absolute atomic E-state index is 13.3. The second kappa shape index (κ2) is 8.50. The van der Waals surface area contributed by atoms with E-state index < -0.39 is 11.9 Å². The summed E-state index contributed by atoms with van der Waals surface area (Å²) in [5.74, 6) is 1.52. The third-order valence-corrected chi connectivity index (χ3v) is 6.60. The molecule has 3 aromatic rings. The molecule has 10 heteroatoms. The molecular formula is C24H26F3N7. The Morgan fingerprint density at radius 2 is 2.06 bits per heavy atom. The first-order valence-corrected chi connectivity index (χ1v) is 11.3. The highest BCUT2D eigenvalue weighted by atomic mass is 19.4. The molecule has 2 aliphatic rings. The van der Waals surface area contributed by atoms with Crippen LogP contribution in [0.4, 0.5) is 19.0 Å². The third-order valence-electron chi connectivity index (χ3n) is 6.60. The standard InChI is InChI=1S/C24H26F3N7/c1-13-20(18(12-28-2)14-4-5-14)23(34(3)15-6-8-29-11-15)33-22(31-13)16-7-9-30-21-17(16)10-19(32-21)24(25,26)27/h7,9-10,12,14-15,29H,2,4-6,8,11H2,1,3H3,(H,30,32)/b18-12-/t15-/m1/s1. The molecule has 0 aromatic carbocycles. The molecule has 2 N–H and O–H groups in total. The highest BCUT2D eigenvalue weighted by Crippen LogP contribution is 2.46. The number of aryl methyl sites for hydroxylation is 1. The van der Waals surface area contributed by atoms with Gasteiger partial charge in [-0.25, -0.2) is 15.0 Å². The molecule has 1 atom stereocenters. The van der Waals surface area contributed by atoms with Gasteiger partial charge in [0, 0.05) is 48.5 Å². The van der Waals surface area contributed by atoms with Gasteiger partial charge in [0.15, 0.2) is 5.82 Å². The minimum absolute atomic E-state index is 0.152. The van der Waals surface area contributed by atoms with Gasteiger partial charge in [-0.05, 0) is 63.1 Å². The van der Waals surface area contributed by atoms with Gasteiger partial charge in [-0.2, -0.15) is 13.2 Å². The molecular weight excluding hydrogens is 443 g/mol. The quantitative estimate of drug-likeness (QED) is 0.516. The van der Waals surface area contributed by atoms with Gasteiger partial charge in [0.25, 0.3) is 0 Å². The number of rotatable bonds is 6. The number of aromatic amines is 1. The van der Waals surface area contributed by atoms with Crippen LogP contribution in [-0.4, -0.2) is 52.8 Å². The molecule has 2 fully saturated rings. The Morgan fingerprint density at radius 1 is 1.26 bits per heavy atom. The van der Waals surface area contributed by atoms with Gasteiger partial charge >= 0.3 is 6.18 Å². The monoisotopic (exact) mass is 469 g/mol. The van der Waals surface area contributed by atoms with E-state index in [9.17, 15) is 13.2 Å². The van der Waals surface area contributed by atoms with Gasteiger partial charge < -0.3 is 15.2 Å². The second-order valence-electron chi connectivity index (χ2n) is 8.93. The van der Waals surface area contributed by atoms with E-state index in [4.69, 9.17) is 9.97 Å². The normalized spacial score (nSPS) is 19.1. The number of hydrogen-bond acceptors (Lipinski definition) is 6. The van der Waals surface area contributed by atoms with E-state index in [1.165, 1.54) is 6.20 Å². The van der Waals surface area contributed by atoms with Crippen LogP contribution in [0.3, 0.4) is 0 Å². The lowest BCUT2D eigenvalue weighted by Gasteiger charge is -2.29. The van der Waals surface area contributed by atoms with Crippen LogP contribution in [0.15, 0.2) is 29.5 Å². The Hall–Kier alpha value is -3.27. The molecule has 178 valence electrons. The molecule has 4 heterocycles. The third kappa shape index (κ3) is 4.06. The van der Waals surface area contributed by atoms with Crippen molar-refractivity contribution in [2.24, 2.45) is 10.9 Å². The maximum Gasteiger partial charge on any atom is 0.431 e. The first kappa shape index (κ1) is 22.5. The van der Waals surface area contributed by atoms with Gasteiger partial charge in [0.05, 0.1) is 5.69 Å². The largest absolute Gasteiger partial charge is 0.431 e. The zero-order valence-corrected chi connectivity index (χ0v) is 19.1. The molecule has 0 amide bonds. The van der Waals surface area contributed by atoms with E-state index in [-0.39, 0.29) is 11.7 Å². The fraction of sp³-hybridized carbons (Fsp3) is 0.417. The SMILES string of the molecule is C=N/C=C(\c1c(C)nc(-c2ccnc3[nH]c(C(F)(F)F)cc23)nc1N(C)[C@@H]1CCNC1)C1CC1. The van der Waals surface area contributed by atoms with E-state index in [1.807, 2.05) is 14.0 Å². The van der Waals surface area contributed by atoms with Crippen molar-refractivity contribution < 1.29 is 13.2 Å². The van der Waals surface area contributed by atoms with Crippen molar-refractivity contribution in [3.63, 3.8) is 0 Å². The van der Waals surface area contributed by atoms with Gasteiger partial charge in [0.1, 0.15) is 17.2 Å². The van der Waals surface area contributed by atoms with Gasteiger partial charge in [-0.3, -0.25) is 4.99 Å². The summed E-state index contributed by atoms with van der Waals surface area (Å²) in [7, 11) is 2.01. The highest BCUT2D eigenvalue weighted by Gasteiger charge is 2.35. The van der Waals surface area contributed by atoms with Gasteiger partial charge in [-0.15, -0.1) is 0 Å². The molecule has 0 spiro atoms. The maximum atomic E-state index is 13.3. The number of likely N-dealkylation sites (N-methyl/N-ethyl adjacent to an activating group) is 1. The molecule has 0 unspecified atom stereocenters. The highest BCUT2D eigenvalue weighted by molar-refractivity contribution is 5.92. The van der Waals surface area contributed by atoms with Crippen molar-refractivity contribution in [3.05, 3.63) is 41.5 Å². The molecule has 34 heavy (non-hydrogen) atoms. The Labute approximate surface area is 195 Å². The first-order valence-electron chi connectivity index (χ1n) is 11.3. The summed E-state index contributed by atoms with van der Waals surface area (Å²) in [5, 5.41) is 3.72. The summed E-state index contributed by atoms with van der Waals surface area (Å²) in [6.07, 6.45) is 1.89. The summed E-state index contributed by atoms with van der Waals surface area (Å²) in [6.45, 7) is 7.33. The molecule has 1 saturated heterocycles. The number of allylic oxidation sites excluding steroid dienone is 1. The van der Waals surface area contributed by atoms with Crippen LogP contribution >= 0.6 is 0 Å². The zero-order valence-electron chi connectivity index (χ0n) is 19.1. The Balaban J connectivity index is 1.70. The average molecular weight is 470 g/mol.